The van der Waals surface area contributed by atoms with E-state index < -0.39 is 0 Å². The third-order valence-corrected chi connectivity index (χ3v) is 2.04. The van der Waals surface area contributed by atoms with Crippen LogP contribution in [-0.4, -0.2) is 6.29 Å². The Morgan fingerprint density at radius 3 is 2.43 bits per heavy atom. The molecule has 1 rings (SSSR count). The highest BCUT2D eigenvalue weighted by atomic mass is 16.1. The van der Waals surface area contributed by atoms with Crippen molar-refractivity contribution < 1.29 is 4.79 Å². The van der Waals surface area contributed by atoms with E-state index in [0.717, 1.165) is 23.8 Å². The Morgan fingerprint density at radius 1 is 1.29 bits per heavy atom. The molecular weight excluding hydrogens is 172 g/mol. The number of hydrogen-bond acceptors (Lipinski definition) is 1. The van der Waals surface area contributed by atoms with Crippen LogP contribution >= 0.6 is 0 Å². The Morgan fingerprint density at radius 2 is 1.93 bits per heavy atom. The van der Waals surface area contributed by atoms with Crippen molar-refractivity contribution >= 4 is 11.9 Å². The Bertz CT molecular complexity index is 309. The number of rotatable bonds is 4. The van der Waals surface area contributed by atoms with Crippen LogP contribution in [0.5, 0.6) is 0 Å². The van der Waals surface area contributed by atoms with Crippen LogP contribution in [0, 0.1) is 5.92 Å². The molecule has 0 N–H and O–H groups in total. The van der Waals surface area contributed by atoms with Crippen molar-refractivity contribution in [1.82, 2.24) is 0 Å². The maximum absolute atomic E-state index is 10.8. The van der Waals surface area contributed by atoms with Gasteiger partial charge in [0.05, 0.1) is 0 Å². The molecular formula is C13H16O. The van der Waals surface area contributed by atoms with Crippen LogP contribution in [0.2, 0.25) is 0 Å². The molecule has 0 aromatic heterocycles. The molecule has 1 nitrogen and oxygen atoms in total. The monoisotopic (exact) mass is 188 g/mol. The van der Waals surface area contributed by atoms with E-state index >= 15 is 0 Å². The minimum atomic E-state index is 0.591. The first-order chi connectivity index (χ1) is 6.74. The van der Waals surface area contributed by atoms with Gasteiger partial charge in [-0.25, -0.2) is 0 Å². The smallest absolute Gasteiger partial charge is 0.150 e. The topological polar surface area (TPSA) is 17.1 Å². The molecule has 0 aliphatic heterocycles. The predicted molar refractivity (Wildman–Crippen MR) is 59.9 cm³/mol. The lowest BCUT2D eigenvalue weighted by Gasteiger charge is -2.02. The van der Waals surface area contributed by atoms with Crippen LogP contribution in [0.15, 0.2) is 36.4 Å². The van der Waals surface area contributed by atoms with Crippen molar-refractivity contribution in [3.63, 3.8) is 0 Å². The van der Waals surface area contributed by atoms with E-state index in [-0.39, 0.29) is 0 Å². The Labute approximate surface area is 85.5 Å². The standard InChI is InChI=1S/C13H16O/c1-11(2)8-9-13(10-14)12-6-4-3-5-7-12/h3-7,9-11H,8H2,1-2H3/b13-9+. The van der Waals surface area contributed by atoms with Gasteiger partial charge in [-0.15, -0.1) is 0 Å². The lowest BCUT2D eigenvalue weighted by Crippen LogP contribution is -1.88. The van der Waals surface area contributed by atoms with Gasteiger partial charge in [0.25, 0.3) is 0 Å². The lowest BCUT2D eigenvalue weighted by molar-refractivity contribution is -0.103. The van der Waals surface area contributed by atoms with Crippen LogP contribution < -0.4 is 0 Å². The SMILES string of the molecule is CC(C)C/C=C(\C=O)c1ccccc1. The normalized spacial score (nSPS) is 11.8. The molecule has 14 heavy (non-hydrogen) atoms. The molecule has 0 saturated carbocycles. The third kappa shape index (κ3) is 3.17. The molecule has 0 amide bonds. The average molecular weight is 188 g/mol. The van der Waals surface area contributed by atoms with Gasteiger partial charge in [-0.2, -0.15) is 0 Å². The molecule has 0 saturated heterocycles. The largest absolute Gasteiger partial charge is 0.298 e. The summed E-state index contributed by atoms with van der Waals surface area (Å²) >= 11 is 0. The van der Waals surface area contributed by atoms with Crippen molar-refractivity contribution in [2.24, 2.45) is 5.92 Å². The zero-order valence-electron chi connectivity index (χ0n) is 8.73. The highest BCUT2D eigenvalue weighted by molar-refractivity contribution is 6.06. The quantitative estimate of drug-likeness (QED) is 0.523. The van der Waals surface area contributed by atoms with E-state index in [4.69, 9.17) is 0 Å². The number of aldehydes is 1. The van der Waals surface area contributed by atoms with Crippen molar-refractivity contribution in [1.29, 1.82) is 0 Å². The summed E-state index contributed by atoms with van der Waals surface area (Å²) in [5.41, 5.74) is 1.79. The van der Waals surface area contributed by atoms with E-state index in [1.54, 1.807) is 0 Å². The van der Waals surface area contributed by atoms with Crippen molar-refractivity contribution in [3.05, 3.63) is 42.0 Å². The Hall–Kier alpha value is -1.37. The molecule has 1 aromatic rings. The molecule has 0 aliphatic carbocycles. The number of hydrogen-bond donors (Lipinski definition) is 0. The highest BCUT2D eigenvalue weighted by Gasteiger charge is 1.99. The van der Waals surface area contributed by atoms with Crippen LogP contribution in [0.4, 0.5) is 0 Å². The molecule has 0 fully saturated rings. The van der Waals surface area contributed by atoms with Gasteiger partial charge in [0.2, 0.25) is 0 Å². The fourth-order valence-electron chi connectivity index (χ4n) is 1.23. The second-order valence-electron chi connectivity index (χ2n) is 3.77. The summed E-state index contributed by atoms with van der Waals surface area (Å²) in [5.74, 6) is 0.591. The summed E-state index contributed by atoms with van der Waals surface area (Å²) in [6.07, 6.45) is 3.88. The van der Waals surface area contributed by atoms with Gasteiger partial charge in [-0.3, -0.25) is 4.79 Å². The van der Waals surface area contributed by atoms with Gasteiger partial charge in [-0.1, -0.05) is 50.3 Å². The zero-order valence-corrected chi connectivity index (χ0v) is 8.73. The van der Waals surface area contributed by atoms with Crippen LogP contribution in [0.25, 0.3) is 5.57 Å². The minimum absolute atomic E-state index is 0.591. The summed E-state index contributed by atoms with van der Waals surface area (Å²) < 4.78 is 0. The average Bonchev–Trinajstić information content (AvgIpc) is 2.20. The Kier molecular flexibility index (Phi) is 4.11. The van der Waals surface area contributed by atoms with Crippen LogP contribution in [-0.2, 0) is 4.79 Å². The molecule has 0 heterocycles. The maximum Gasteiger partial charge on any atom is 0.150 e. The van der Waals surface area contributed by atoms with Crippen LogP contribution in [0.3, 0.4) is 0 Å². The molecule has 0 bridgehead atoms. The maximum atomic E-state index is 10.8. The minimum Gasteiger partial charge on any atom is -0.298 e. The van der Waals surface area contributed by atoms with Gasteiger partial charge in [0.15, 0.2) is 0 Å². The predicted octanol–water partition coefficient (Wildman–Crippen LogP) is 3.32. The lowest BCUT2D eigenvalue weighted by atomic mass is 10.0. The van der Waals surface area contributed by atoms with Gasteiger partial charge >= 0.3 is 0 Å². The molecule has 0 spiro atoms. The molecule has 1 aromatic carbocycles. The number of carbonyl (C=O) groups excluding carboxylic acids is 1. The molecule has 0 unspecified atom stereocenters. The van der Waals surface area contributed by atoms with Crippen molar-refractivity contribution in [2.45, 2.75) is 20.3 Å². The van der Waals surface area contributed by atoms with Gasteiger partial charge < -0.3 is 0 Å². The zero-order chi connectivity index (χ0) is 10.4. The van der Waals surface area contributed by atoms with E-state index in [9.17, 15) is 4.79 Å². The molecule has 0 aliphatic rings. The van der Waals surface area contributed by atoms with Gasteiger partial charge in [0.1, 0.15) is 6.29 Å². The second-order valence-corrected chi connectivity index (χ2v) is 3.77. The fraction of sp³-hybridized carbons (Fsp3) is 0.308. The summed E-state index contributed by atoms with van der Waals surface area (Å²) in [6, 6.07) is 9.76. The summed E-state index contributed by atoms with van der Waals surface area (Å²) in [7, 11) is 0. The second kappa shape index (κ2) is 5.38. The fourth-order valence-corrected chi connectivity index (χ4v) is 1.23. The van der Waals surface area contributed by atoms with E-state index in [0.29, 0.717) is 5.92 Å². The first kappa shape index (κ1) is 10.7. The third-order valence-electron chi connectivity index (χ3n) is 2.04. The number of benzene rings is 1. The molecule has 1 heteroatoms. The van der Waals surface area contributed by atoms with Crippen LogP contribution in [0.1, 0.15) is 25.8 Å². The highest BCUT2D eigenvalue weighted by Crippen LogP contribution is 2.14. The summed E-state index contributed by atoms with van der Waals surface area (Å²) in [6.45, 7) is 4.29. The van der Waals surface area contributed by atoms with Gasteiger partial charge in [-0.05, 0) is 17.9 Å². The first-order valence-corrected chi connectivity index (χ1v) is 4.94. The van der Waals surface area contributed by atoms with Gasteiger partial charge in [0, 0.05) is 5.57 Å². The number of carbonyl (C=O) groups is 1. The summed E-state index contributed by atoms with van der Waals surface area (Å²) in [5, 5.41) is 0. The number of allylic oxidation sites excluding steroid dienone is 2. The molecule has 74 valence electrons. The van der Waals surface area contributed by atoms with Crippen molar-refractivity contribution in [3.8, 4) is 0 Å². The molecule has 0 atom stereocenters. The summed E-state index contributed by atoms with van der Waals surface area (Å²) in [4.78, 5) is 10.8. The van der Waals surface area contributed by atoms with E-state index in [1.165, 1.54) is 0 Å². The van der Waals surface area contributed by atoms with Crippen molar-refractivity contribution in [2.75, 3.05) is 0 Å². The Balaban J connectivity index is 2.82. The van der Waals surface area contributed by atoms with E-state index in [1.807, 2.05) is 36.4 Å². The van der Waals surface area contributed by atoms with E-state index in [2.05, 4.69) is 13.8 Å². The first-order valence-electron chi connectivity index (χ1n) is 4.94. The molecule has 0 radical (unpaired) electrons.